The lowest BCUT2D eigenvalue weighted by Crippen LogP contribution is -2.12. The third-order valence-electron chi connectivity index (χ3n) is 2.13. The van der Waals surface area contributed by atoms with E-state index in [9.17, 15) is 0 Å². The van der Waals surface area contributed by atoms with E-state index < -0.39 is 0 Å². The van der Waals surface area contributed by atoms with Crippen molar-refractivity contribution >= 4 is 17.6 Å². The molecule has 1 rings (SSSR count). The van der Waals surface area contributed by atoms with Crippen LogP contribution in [-0.4, -0.2) is 11.6 Å². The summed E-state index contributed by atoms with van der Waals surface area (Å²) in [5, 5.41) is 7.46. The number of hydrogen-bond donors (Lipinski definition) is 2. The summed E-state index contributed by atoms with van der Waals surface area (Å²) in [6, 6.07) is 7.84. The van der Waals surface area contributed by atoms with Gasteiger partial charge in [-0.2, -0.15) is 0 Å². The summed E-state index contributed by atoms with van der Waals surface area (Å²) in [5.74, 6) is 1.96. The van der Waals surface area contributed by atoms with Crippen LogP contribution in [0.3, 0.4) is 0 Å². The molecular formula is C12H18N2S. The molecule has 0 radical (unpaired) electrons. The van der Waals surface area contributed by atoms with Crippen molar-refractivity contribution in [3.63, 3.8) is 0 Å². The Hall–Kier alpha value is -0.960. The molecule has 3 heteroatoms. The summed E-state index contributed by atoms with van der Waals surface area (Å²) >= 11 is 1.78. The van der Waals surface area contributed by atoms with Crippen molar-refractivity contribution in [2.45, 2.75) is 25.2 Å². The summed E-state index contributed by atoms with van der Waals surface area (Å²) in [4.78, 5) is 1.12. The maximum Gasteiger partial charge on any atom is 0.123 e. The van der Waals surface area contributed by atoms with E-state index in [2.05, 4.69) is 13.8 Å². The minimum absolute atomic E-state index is 0.155. The fourth-order valence-corrected chi connectivity index (χ4v) is 2.54. The molecule has 0 aliphatic carbocycles. The third kappa shape index (κ3) is 3.96. The van der Waals surface area contributed by atoms with Gasteiger partial charge in [0.2, 0.25) is 0 Å². The highest BCUT2D eigenvalue weighted by molar-refractivity contribution is 7.99. The summed E-state index contributed by atoms with van der Waals surface area (Å²) in [7, 11) is 0. The van der Waals surface area contributed by atoms with E-state index in [-0.39, 0.29) is 5.84 Å². The van der Waals surface area contributed by atoms with Crippen molar-refractivity contribution in [2.24, 2.45) is 11.7 Å². The van der Waals surface area contributed by atoms with Crippen LogP contribution in [0.5, 0.6) is 0 Å². The molecule has 15 heavy (non-hydrogen) atoms. The normalized spacial score (nSPS) is 10.6. The molecule has 1 aromatic carbocycles. The van der Waals surface area contributed by atoms with Gasteiger partial charge in [-0.3, -0.25) is 5.41 Å². The SMILES string of the molecule is CC(C)CCSc1ccccc1C(=N)N. The number of nitrogens with one attached hydrogen (secondary N) is 1. The molecule has 0 unspecified atom stereocenters. The van der Waals surface area contributed by atoms with Crippen molar-refractivity contribution in [1.82, 2.24) is 0 Å². The third-order valence-corrected chi connectivity index (χ3v) is 3.24. The second kappa shape index (κ2) is 5.81. The van der Waals surface area contributed by atoms with Crippen LogP contribution in [0.15, 0.2) is 29.2 Å². The molecule has 82 valence electrons. The van der Waals surface area contributed by atoms with E-state index >= 15 is 0 Å². The van der Waals surface area contributed by atoms with Gasteiger partial charge in [0.25, 0.3) is 0 Å². The Morgan fingerprint density at radius 2 is 2.07 bits per heavy atom. The first-order valence-corrected chi connectivity index (χ1v) is 6.16. The van der Waals surface area contributed by atoms with E-state index in [0.29, 0.717) is 0 Å². The van der Waals surface area contributed by atoms with Crippen LogP contribution >= 0.6 is 11.8 Å². The minimum atomic E-state index is 0.155. The van der Waals surface area contributed by atoms with Gasteiger partial charge in [-0.15, -0.1) is 11.8 Å². The van der Waals surface area contributed by atoms with Crippen molar-refractivity contribution in [2.75, 3.05) is 5.75 Å². The monoisotopic (exact) mass is 222 g/mol. The Bertz CT molecular complexity index is 334. The molecule has 0 atom stereocenters. The van der Waals surface area contributed by atoms with Gasteiger partial charge in [0.05, 0.1) is 0 Å². The molecule has 3 N–H and O–H groups in total. The molecule has 0 saturated carbocycles. The van der Waals surface area contributed by atoms with E-state index in [1.807, 2.05) is 24.3 Å². The lowest BCUT2D eigenvalue weighted by Gasteiger charge is -2.08. The van der Waals surface area contributed by atoms with Crippen LogP contribution in [0.4, 0.5) is 0 Å². The Balaban J connectivity index is 2.63. The van der Waals surface area contributed by atoms with Gasteiger partial charge < -0.3 is 5.73 Å². The van der Waals surface area contributed by atoms with E-state index in [1.165, 1.54) is 6.42 Å². The van der Waals surface area contributed by atoms with Gasteiger partial charge in [-0.25, -0.2) is 0 Å². The summed E-state index contributed by atoms with van der Waals surface area (Å²) < 4.78 is 0. The zero-order valence-corrected chi connectivity index (χ0v) is 10.1. The van der Waals surface area contributed by atoms with Gasteiger partial charge in [-0.1, -0.05) is 32.0 Å². The quantitative estimate of drug-likeness (QED) is 0.457. The maximum atomic E-state index is 7.46. The van der Waals surface area contributed by atoms with Gasteiger partial charge in [-0.05, 0) is 24.2 Å². The van der Waals surface area contributed by atoms with Gasteiger partial charge >= 0.3 is 0 Å². The molecule has 0 bridgehead atoms. The van der Waals surface area contributed by atoms with Gasteiger partial charge in [0.1, 0.15) is 5.84 Å². The largest absolute Gasteiger partial charge is 0.384 e. The number of amidine groups is 1. The van der Waals surface area contributed by atoms with Crippen molar-refractivity contribution in [1.29, 1.82) is 5.41 Å². The van der Waals surface area contributed by atoms with Gasteiger partial charge in [0, 0.05) is 10.5 Å². The fourth-order valence-electron chi connectivity index (χ4n) is 1.22. The number of hydrogen-bond acceptors (Lipinski definition) is 2. The predicted octanol–water partition coefficient (Wildman–Crippen LogP) is 3.11. The molecule has 0 aromatic heterocycles. The first kappa shape index (κ1) is 12.1. The standard InChI is InChI=1S/C12H18N2S/c1-9(2)7-8-15-11-6-4-3-5-10(11)12(13)14/h3-6,9H,7-8H2,1-2H3,(H3,13,14). The van der Waals surface area contributed by atoms with Crippen LogP contribution in [-0.2, 0) is 0 Å². The maximum absolute atomic E-state index is 7.46. The summed E-state index contributed by atoms with van der Waals surface area (Å²) in [5.41, 5.74) is 6.37. The zero-order chi connectivity index (χ0) is 11.3. The topological polar surface area (TPSA) is 49.9 Å². The molecule has 0 aliphatic rings. The molecule has 0 heterocycles. The minimum Gasteiger partial charge on any atom is -0.384 e. The number of nitrogens with two attached hydrogens (primary N) is 1. The molecule has 0 amide bonds. The number of benzene rings is 1. The average molecular weight is 222 g/mol. The Kier molecular flexibility index (Phi) is 4.69. The fraction of sp³-hybridized carbons (Fsp3) is 0.417. The molecule has 0 spiro atoms. The first-order chi connectivity index (χ1) is 7.11. The number of rotatable bonds is 5. The summed E-state index contributed by atoms with van der Waals surface area (Å²) in [6.45, 7) is 4.44. The van der Waals surface area contributed by atoms with E-state index in [0.717, 1.165) is 22.1 Å². The molecule has 0 fully saturated rings. The highest BCUT2D eigenvalue weighted by atomic mass is 32.2. The zero-order valence-electron chi connectivity index (χ0n) is 9.29. The van der Waals surface area contributed by atoms with Crippen LogP contribution in [0, 0.1) is 11.3 Å². The van der Waals surface area contributed by atoms with Gasteiger partial charge in [0.15, 0.2) is 0 Å². The molecular weight excluding hydrogens is 204 g/mol. The summed E-state index contributed by atoms with van der Waals surface area (Å²) in [6.07, 6.45) is 1.19. The average Bonchev–Trinajstić information content (AvgIpc) is 2.17. The molecule has 0 aliphatic heterocycles. The highest BCUT2D eigenvalue weighted by Crippen LogP contribution is 2.23. The second-order valence-electron chi connectivity index (χ2n) is 3.94. The van der Waals surface area contributed by atoms with Crippen molar-refractivity contribution in [3.05, 3.63) is 29.8 Å². The van der Waals surface area contributed by atoms with Crippen LogP contribution in [0.1, 0.15) is 25.8 Å². The van der Waals surface area contributed by atoms with Crippen LogP contribution < -0.4 is 5.73 Å². The smallest absolute Gasteiger partial charge is 0.123 e. The molecule has 2 nitrogen and oxygen atoms in total. The lowest BCUT2D eigenvalue weighted by atomic mass is 10.2. The number of nitrogen functional groups attached to an aromatic ring is 1. The second-order valence-corrected chi connectivity index (χ2v) is 5.08. The predicted molar refractivity (Wildman–Crippen MR) is 67.6 cm³/mol. The Morgan fingerprint density at radius 3 is 2.67 bits per heavy atom. The first-order valence-electron chi connectivity index (χ1n) is 5.17. The molecule has 1 aromatic rings. The Morgan fingerprint density at radius 1 is 1.40 bits per heavy atom. The van der Waals surface area contributed by atoms with Crippen molar-refractivity contribution in [3.8, 4) is 0 Å². The van der Waals surface area contributed by atoms with E-state index in [1.54, 1.807) is 11.8 Å². The van der Waals surface area contributed by atoms with Crippen LogP contribution in [0.25, 0.3) is 0 Å². The van der Waals surface area contributed by atoms with E-state index in [4.69, 9.17) is 11.1 Å². The Labute approximate surface area is 95.8 Å². The molecule has 0 saturated heterocycles. The lowest BCUT2D eigenvalue weighted by molar-refractivity contribution is 0.632. The highest BCUT2D eigenvalue weighted by Gasteiger charge is 2.04. The van der Waals surface area contributed by atoms with Crippen LogP contribution in [0.2, 0.25) is 0 Å². The van der Waals surface area contributed by atoms with Crippen molar-refractivity contribution < 1.29 is 0 Å². The number of thioether (sulfide) groups is 1.